The zero-order valence-electron chi connectivity index (χ0n) is 20.2. The molecule has 7 nitrogen and oxygen atoms in total. The molecule has 0 bridgehead atoms. The Morgan fingerprint density at radius 2 is 1.89 bits per heavy atom. The number of nitrogens with zero attached hydrogens (tertiary/aromatic N) is 2. The Hall–Kier alpha value is -4.06. The number of nitrogens with two attached hydrogens (primary N) is 1. The van der Waals surface area contributed by atoms with Crippen molar-refractivity contribution in [2.24, 2.45) is 5.73 Å². The van der Waals surface area contributed by atoms with Crippen molar-refractivity contribution >= 4 is 23.4 Å². The summed E-state index contributed by atoms with van der Waals surface area (Å²) in [5.41, 5.74) is 5.82. The monoisotopic (exact) mass is 533 g/mol. The topological polar surface area (TPSA) is 100 Å². The van der Waals surface area contributed by atoms with Crippen LogP contribution in [-0.2, 0) is 11.0 Å². The van der Waals surface area contributed by atoms with Crippen LogP contribution in [0.15, 0.2) is 54.7 Å². The number of benzene rings is 2. The van der Waals surface area contributed by atoms with Gasteiger partial charge in [0.15, 0.2) is 11.6 Å². The number of rotatable bonds is 5. The smallest absolute Gasteiger partial charge is 0.326 e. The summed E-state index contributed by atoms with van der Waals surface area (Å²) in [4.78, 5) is 30.0. The molecule has 4 N–H and O–H groups in total. The van der Waals surface area contributed by atoms with Gasteiger partial charge in [-0.3, -0.25) is 10.1 Å². The van der Waals surface area contributed by atoms with E-state index in [0.29, 0.717) is 18.2 Å². The highest BCUT2D eigenvalue weighted by atomic mass is 19.4. The first-order chi connectivity index (χ1) is 18.0. The van der Waals surface area contributed by atoms with Crippen LogP contribution in [0.25, 0.3) is 11.1 Å². The van der Waals surface area contributed by atoms with Crippen LogP contribution in [0.2, 0.25) is 0 Å². The normalized spacial score (nSPS) is 16.8. The lowest BCUT2D eigenvalue weighted by molar-refractivity contribution is -0.137. The molecule has 1 fully saturated rings. The number of nitrogens with one attached hydrogen (secondary N) is 2. The molecule has 1 unspecified atom stereocenters. The van der Waals surface area contributed by atoms with Gasteiger partial charge in [0, 0.05) is 24.3 Å². The van der Waals surface area contributed by atoms with E-state index in [2.05, 4.69) is 15.6 Å². The van der Waals surface area contributed by atoms with Gasteiger partial charge >= 0.3 is 12.2 Å². The Morgan fingerprint density at radius 3 is 2.55 bits per heavy atom. The number of amides is 3. The van der Waals surface area contributed by atoms with Crippen LogP contribution in [0.3, 0.4) is 0 Å². The molecule has 2 heterocycles. The molecule has 12 heteroatoms. The van der Waals surface area contributed by atoms with E-state index in [1.165, 1.54) is 12.1 Å². The predicted octanol–water partition coefficient (Wildman–Crippen LogP) is 5.38. The Labute approximate surface area is 214 Å². The number of piperidine rings is 1. The fraction of sp³-hybridized carbons (Fsp3) is 0.269. The molecule has 1 aliphatic rings. The summed E-state index contributed by atoms with van der Waals surface area (Å²) in [6.45, 7) is 1.88. The van der Waals surface area contributed by atoms with E-state index in [4.69, 9.17) is 5.73 Å². The Bertz CT molecular complexity index is 1340. The van der Waals surface area contributed by atoms with Gasteiger partial charge in [0.25, 0.3) is 0 Å². The third-order valence-corrected chi connectivity index (χ3v) is 6.15. The minimum Gasteiger partial charge on any atom is -0.326 e. The Kier molecular flexibility index (Phi) is 7.63. The summed E-state index contributed by atoms with van der Waals surface area (Å²) in [6, 6.07) is 8.92. The quantitative estimate of drug-likeness (QED) is 0.384. The lowest BCUT2D eigenvalue weighted by Gasteiger charge is -2.33. The van der Waals surface area contributed by atoms with Crippen LogP contribution < -0.4 is 21.3 Å². The summed E-state index contributed by atoms with van der Waals surface area (Å²) in [7, 11) is 0. The highest BCUT2D eigenvalue weighted by Crippen LogP contribution is 2.33. The molecule has 38 heavy (non-hydrogen) atoms. The molecule has 0 radical (unpaired) electrons. The van der Waals surface area contributed by atoms with E-state index in [1.54, 1.807) is 31.2 Å². The molecule has 1 aromatic heterocycles. The maximum Gasteiger partial charge on any atom is 0.417 e. The SMILES string of the molecule is CC(N)c1cccc(-c2ccc(N3CCC[C@@H](NC(=O)Nc4ccc(C(F)(F)F)cn4)C3=O)c(F)c2F)c1. The van der Waals surface area contributed by atoms with Crippen LogP contribution >= 0.6 is 0 Å². The second-order valence-electron chi connectivity index (χ2n) is 8.89. The molecular formula is C26H24F5N5O2. The third kappa shape index (κ3) is 5.75. The number of carbonyl (C=O) groups is 2. The maximum atomic E-state index is 15.2. The second-order valence-corrected chi connectivity index (χ2v) is 8.89. The molecule has 3 amide bonds. The zero-order valence-corrected chi connectivity index (χ0v) is 20.2. The van der Waals surface area contributed by atoms with Crippen molar-refractivity contribution in [1.29, 1.82) is 0 Å². The van der Waals surface area contributed by atoms with Crippen molar-refractivity contribution in [1.82, 2.24) is 10.3 Å². The van der Waals surface area contributed by atoms with E-state index in [9.17, 15) is 22.8 Å². The van der Waals surface area contributed by atoms with Gasteiger partial charge < -0.3 is 16.0 Å². The minimum atomic E-state index is -4.58. The molecule has 200 valence electrons. The van der Waals surface area contributed by atoms with Crippen LogP contribution in [0, 0.1) is 11.6 Å². The summed E-state index contributed by atoms with van der Waals surface area (Å²) in [5.74, 6) is -3.15. The van der Waals surface area contributed by atoms with Crippen molar-refractivity contribution < 1.29 is 31.5 Å². The molecule has 4 rings (SSSR count). The Balaban J connectivity index is 1.48. The van der Waals surface area contributed by atoms with Gasteiger partial charge in [-0.25, -0.2) is 18.6 Å². The van der Waals surface area contributed by atoms with Gasteiger partial charge in [0.05, 0.1) is 11.3 Å². The van der Waals surface area contributed by atoms with E-state index in [1.807, 2.05) is 0 Å². The van der Waals surface area contributed by atoms with Gasteiger partial charge in [-0.05, 0) is 61.2 Å². The molecule has 1 aliphatic heterocycles. The number of anilines is 2. The van der Waals surface area contributed by atoms with Gasteiger partial charge in [0.2, 0.25) is 5.91 Å². The molecule has 2 aromatic carbocycles. The van der Waals surface area contributed by atoms with E-state index >= 15 is 8.78 Å². The van der Waals surface area contributed by atoms with Gasteiger partial charge in [-0.1, -0.05) is 18.2 Å². The standard InChI is InChI=1S/C26H24F5N5O2/c1-14(32)15-4-2-5-16(12-15)18-8-9-20(23(28)22(18)27)36-11-3-6-19(24(36)37)34-25(38)35-21-10-7-17(13-33-21)26(29,30)31/h2,4-5,7-10,12-14,19H,3,6,11,32H2,1H3,(H2,33,34,35,38)/t14?,19-/m1/s1. The van der Waals surface area contributed by atoms with Crippen molar-refractivity contribution in [2.75, 3.05) is 16.8 Å². The number of hydrogen-bond donors (Lipinski definition) is 3. The number of pyridine rings is 1. The molecule has 3 aromatic rings. The van der Waals surface area contributed by atoms with Crippen molar-refractivity contribution in [2.45, 2.75) is 38.0 Å². The highest BCUT2D eigenvalue weighted by Gasteiger charge is 2.34. The number of hydrogen-bond acceptors (Lipinski definition) is 4. The number of alkyl halides is 3. The van der Waals surface area contributed by atoms with E-state index in [0.717, 1.165) is 22.6 Å². The third-order valence-electron chi connectivity index (χ3n) is 6.15. The van der Waals surface area contributed by atoms with Gasteiger partial charge in [-0.2, -0.15) is 13.2 Å². The van der Waals surface area contributed by atoms with Crippen LogP contribution in [0.1, 0.15) is 36.9 Å². The lowest BCUT2D eigenvalue weighted by Crippen LogP contribution is -2.53. The lowest BCUT2D eigenvalue weighted by atomic mass is 9.98. The van der Waals surface area contributed by atoms with Crippen LogP contribution in [-0.4, -0.2) is 29.5 Å². The predicted molar refractivity (Wildman–Crippen MR) is 131 cm³/mol. The number of urea groups is 1. The number of aromatic nitrogens is 1. The van der Waals surface area contributed by atoms with Crippen molar-refractivity contribution in [3.63, 3.8) is 0 Å². The Morgan fingerprint density at radius 1 is 1.13 bits per heavy atom. The van der Waals surface area contributed by atoms with Crippen molar-refractivity contribution in [3.8, 4) is 11.1 Å². The van der Waals surface area contributed by atoms with Gasteiger partial charge in [0.1, 0.15) is 11.9 Å². The highest BCUT2D eigenvalue weighted by molar-refractivity contribution is 6.01. The average molecular weight is 534 g/mol. The molecule has 2 atom stereocenters. The summed E-state index contributed by atoms with van der Waals surface area (Å²) < 4.78 is 68.3. The number of carbonyl (C=O) groups excluding carboxylic acids is 2. The first-order valence-electron chi connectivity index (χ1n) is 11.7. The fourth-order valence-electron chi connectivity index (χ4n) is 4.15. The molecule has 1 saturated heterocycles. The second kappa shape index (κ2) is 10.7. The summed E-state index contributed by atoms with van der Waals surface area (Å²) in [5, 5.41) is 4.68. The minimum absolute atomic E-state index is 0.0105. The first kappa shape index (κ1) is 27.0. The molecule has 0 saturated carbocycles. The summed E-state index contributed by atoms with van der Waals surface area (Å²) in [6.07, 6.45) is -3.40. The largest absolute Gasteiger partial charge is 0.417 e. The number of halogens is 5. The van der Waals surface area contributed by atoms with E-state index in [-0.39, 0.29) is 36.1 Å². The average Bonchev–Trinajstić information content (AvgIpc) is 2.87. The van der Waals surface area contributed by atoms with Crippen LogP contribution in [0.5, 0.6) is 0 Å². The fourth-order valence-corrected chi connectivity index (χ4v) is 4.15. The molecule has 0 aliphatic carbocycles. The zero-order chi connectivity index (χ0) is 27.6. The first-order valence-corrected chi connectivity index (χ1v) is 11.7. The summed E-state index contributed by atoms with van der Waals surface area (Å²) >= 11 is 0. The maximum absolute atomic E-state index is 15.2. The van der Waals surface area contributed by atoms with Gasteiger partial charge in [-0.15, -0.1) is 0 Å². The molecular weight excluding hydrogens is 509 g/mol. The molecule has 0 spiro atoms. The van der Waals surface area contributed by atoms with Crippen molar-refractivity contribution in [3.05, 3.63) is 77.5 Å². The van der Waals surface area contributed by atoms with Crippen LogP contribution in [0.4, 0.5) is 38.3 Å². The van der Waals surface area contributed by atoms with E-state index < -0.39 is 41.4 Å².